The SMILES string of the molecule is CC1=CC(=O)C2=C(CC3C(=CCC4C(=O)NC(=O)C43)C2c2ccc(O)c(F)c2)C1=O. The topological polar surface area (TPSA) is 101 Å². The first-order valence-corrected chi connectivity index (χ1v) is 9.81. The minimum atomic E-state index is -0.832. The van der Waals surface area contributed by atoms with Crippen molar-refractivity contribution in [3.8, 4) is 5.75 Å². The molecular weight excluding hydrogens is 389 g/mol. The number of amides is 2. The summed E-state index contributed by atoms with van der Waals surface area (Å²) in [5.41, 5.74) is 2.11. The first kappa shape index (κ1) is 18.7. The molecule has 152 valence electrons. The van der Waals surface area contributed by atoms with Gasteiger partial charge in [-0.05, 0) is 49.5 Å². The second-order valence-corrected chi connectivity index (χ2v) is 8.29. The van der Waals surface area contributed by atoms with Gasteiger partial charge in [0.25, 0.3) is 0 Å². The quantitative estimate of drug-likeness (QED) is 0.423. The van der Waals surface area contributed by atoms with E-state index in [1.807, 2.05) is 6.08 Å². The summed E-state index contributed by atoms with van der Waals surface area (Å²) in [5, 5.41) is 12.0. The van der Waals surface area contributed by atoms with E-state index in [4.69, 9.17) is 0 Å². The molecule has 4 atom stereocenters. The standard InChI is InChI=1S/C23H18FNO5/c1-9-6-17(27)20-14(21(9)28)8-13-11(3-4-12-19(13)23(30)25-22(12)29)18(20)10-2-5-16(26)15(24)7-10/h2-3,5-7,12-13,18-19,26H,4,8H2,1H3,(H,25,29,30). The van der Waals surface area contributed by atoms with Gasteiger partial charge in [0.05, 0.1) is 11.8 Å². The monoisotopic (exact) mass is 407 g/mol. The average Bonchev–Trinajstić information content (AvgIpc) is 3.00. The van der Waals surface area contributed by atoms with Gasteiger partial charge in [-0.2, -0.15) is 0 Å². The Labute approximate surface area is 171 Å². The first-order chi connectivity index (χ1) is 14.3. The minimum Gasteiger partial charge on any atom is -0.505 e. The maximum Gasteiger partial charge on any atom is 0.231 e. The lowest BCUT2D eigenvalue weighted by Crippen LogP contribution is -2.39. The molecular formula is C23H18FNO5. The van der Waals surface area contributed by atoms with Crippen molar-refractivity contribution in [2.75, 3.05) is 0 Å². The number of hydrogen-bond donors (Lipinski definition) is 2. The van der Waals surface area contributed by atoms with Crippen molar-refractivity contribution in [2.24, 2.45) is 17.8 Å². The fourth-order valence-electron chi connectivity index (χ4n) is 5.38. The highest BCUT2D eigenvalue weighted by Crippen LogP contribution is 2.54. The fourth-order valence-corrected chi connectivity index (χ4v) is 5.38. The smallest absolute Gasteiger partial charge is 0.231 e. The van der Waals surface area contributed by atoms with Crippen molar-refractivity contribution >= 4 is 23.4 Å². The molecule has 5 rings (SSSR count). The number of imide groups is 1. The van der Waals surface area contributed by atoms with Gasteiger partial charge in [0, 0.05) is 22.6 Å². The molecule has 4 unspecified atom stereocenters. The molecule has 1 aromatic carbocycles. The highest BCUT2D eigenvalue weighted by Gasteiger charge is 2.53. The molecule has 1 fully saturated rings. The molecule has 1 aliphatic heterocycles. The number of ketones is 2. The Hall–Kier alpha value is -3.35. The van der Waals surface area contributed by atoms with Gasteiger partial charge in [-0.15, -0.1) is 0 Å². The summed E-state index contributed by atoms with van der Waals surface area (Å²) in [6.45, 7) is 1.57. The number of allylic oxidation sites excluding steroid dienone is 6. The van der Waals surface area contributed by atoms with Gasteiger partial charge in [-0.1, -0.05) is 17.7 Å². The number of phenols is 1. The molecule has 7 heteroatoms. The Kier molecular flexibility index (Phi) is 3.93. The van der Waals surface area contributed by atoms with Gasteiger partial charge in [0.2, 0.25) is 11.8 Å². The van der Waals surface area contributed by atoms with Crippen LogP contribution in [0.1, 0.15) is 31.2 Å². The van der Waals surface area contributed by atoms with Crippen LogP contribution >= 0.6 is 0 Å². The molecule has 2 amide bonds. The molecule has 0 saturated carbocycles. The predicted molar refractivity (Wildman–Crippen MR) is 103 cm³/mol. The van der Waals surface area contributed by atoms with Gasteiger partial charge < -0.3 is 5.11 Å². The summed E-state index contributed by atoms with van der Waals surface area (Å²) in [4.78, 5) is 50.6. The Morgan fingerprint density at radius 1 is 1.10 bits per heavy atom. The van der Waals surface area contributed by atoms with Crippen LogP contribution in [0.15, 0.2) is 52.6 Å². The zero-order chi connectivity index (χ0) is 21.3. The van der Waals surface area contributed by atoms with Crippen molar-refractivity contribution in [3.05, 3.63) is 64.0 Å². The number of carbonyl (C=O) groups is 4. The third-order valence-electron chi connectivity index (χ3n) is 6.71. The largest absolute Gasteiger partial charge is 0.505 e. The lowest BCUT2D eigenvalue weighted by Gasteiger charge is -2.42. The fraction of sp³-hybridized carbons (Fsp3) is 0.304. The molecule has 30 heavy (non-hydrogen) atoms. The highest BCUT2D eigenvalue weighted by molar-refractivity contribution is 6.23. The van der Waals surface area contributed by atoms with Gasteiger partial charge in [0.1, 0.15) is 0 Å². The van der Waals surface area contributed by atoms with E-state index >= 15 is 0 Å². The van der Waals surface area contributed by atoms with E-state index in [1.165, 1.54) is 18.2 Å². The van der Waals surface area contributed by atoms with Crippen molar-refractivity contribution in [3.63, 3.8) is 0 Å². The molecule has 0 radical (unpaired) electrons. The second-order valence-electron chi connectivity index (χ2n) is 8.29. The molecule has 3 aliphatic carbocycles. The zero-order valence-electron chi connectivity index (χ0n) is 16.1. The van der Waals surface area contributed by atoms with E-state index in [1.54, 1.807) is 6.92 Å². The van der Waals surface area contributed by atoms with Crippen molar-refractivity contribution in [1.82, 2.24) is 5.32 Å². The van der Waals surface area contributed by atoms with Gasteiger partial charge in [0.15, 0.2) is 23.1 Å². The van der Waals surface area contributed by atoms with E-state index in [0.717, 1.165) is 11.6 Å². The van der Waals surface area contributed by atoms with Crippen LogP contribution < -0.4 is 5.32 Å². The van der Waals surface area contributed by atoms with Crippen LogP contribution in [0, 0.1) is 23.6 Å². The maximum absolute atomic E-state index is 14.2. The number of nitrogens with one attached hydrogen (secondary N) is 1. The third kappa shape index (κ3) is 2.47. The highest BCUT2D eigenvalue weighted by atomic mass is 19.1. The first-order valence-electron chi connectivity index (χ1n) is 9.81. The zero-order valence-corrected chi connectivity index (χ0v) is 16.1. The van der Waals surface area contributed by atoms with Crippen LogP contribution in [0.4, 0.5) is 4.39 Å². The van der Waals surface area contributed by atoms with E-state index in [9.17, 15) is 28.7 Å². The molecule has 1 aromatic rings. The summed E-state index contributed by atoms with van der Waals surface area (Å²) < 4.78 is 14.2. The molecule has 2 N–H and O–H groups in total. The van der Waals surface area contributed by atoms with Crippen molar-refractivity contribution < 1.29 is 28.7 Å². The average molecular weight is 407 g/mol. The number of halogens is 1. The molecule has 6 nitrogen and oxygen atoms in total. The molecule has 0 spiro atoms. The summed E-state index contributed by atoms with van der Waals surface area (Å²) in [6, 6.07) is 3.89. The number of benzene rings is 1. The van der Waals surface area contributed by atoms with Crippen molar-refractivity contribution in [1.29, 1.82) is 0 Å². The number of aromatic hydroxyl groups is 1. The number of carbonyl (C=O) groups excluding carboxylic acids is 4. The second kappa shape index (κ2) is 6.32. The van der Waals surface area contributed by atoms with Crippen LogP contribution in [0.2, 0.25) is 0 Å². The van der Waals surface area contributed by atoms with Crippen molar-refractivity contribution in [2.45, 2.75) is 25.7 Å². The summed E-state index contributed by atoms with van der Waals surface area (Å²) in [5.74, 6) is -4.88. The molecule has 0 aromatic heterocycles. The number of Topliss-reactive ketones (excluding diaryl/α,β-unsaturated/α-hetero) is 1. The van der Waals surface area contributed by atoms with Crippen LogP contribution in [-0.2, 0) is 19.2 Å². The number of fused-ring (bicyclic) bond motifs is 3. The molecule has 1 saturated heterocycles. The van der Waals surface area contributed by atoms with Crippen LogP contribution in [0.25, 0.3) is 0 Å². The molecule has 4 aliphatic rings. The normalized spacial score (nSPS) is 30.3. The van der Waals surface area contributed by atoms with Crippen LogP contribution in [0.5, 0.6) is 5.75 Å². The third-order valence-corrected chi connectivity index (χ3v) is 6.71. The summed E-state index contributed by atoms with van der Waals surface area (Å²) in [6.07, 6.45) is 3.68. The lowest BCUT2D eigenvalue weighted by molar-refractivity contribution is -0.126. The van der Waals surface area contributed by atoms with Gasteiger partial charge >= 0.3 is 0 Å². The van der Waals surface area contributed by atoms with Crippen LogP contribution in [-0.4, -0.2) is 28.5 Å². The van der Waals surface area contributed by atoms with E-state index in [-0.39, 0.29) is 29.8 Å². The summed E-state index contributed by atoms with van der Waals surface area (Å²) in [7, 11) is 0. The molecule has 0 bridgehead atoms. The van der Waals surface area contributed by atoms with Gasteiger partial charge in [-0.3, -0.25) is 24.5 Å². The van der Waals surface area contributed by atoms with E-state index < -0.39 is 35.2 Å². The Bertz CT molecular complexity index is 1160. The van der Waals surface area contributed by atoms with Gasteiger partial charge in [-0.25, -0.2) is 4.39 Å². The molecule has 1 heterocycles. The van der Waals surface area contributed by atoms with E-state index in [2.05, 4.69) is 5.32 Å². The number of hydrogen-bond acceptors (Lipinski definition) is 5. The lowest BCUT2D eigenvalue weighted by atomic mass is 9.59. The Morgan fingerprint density at radius 3 is 2.60 bits per heavy atom. The maximum atomic E-state index is 14.2. The number of rotatable bonds is 1. The Balaban J connectivity index is 1.73. The minimum absolute atomic E-state index is 0.190. The van der Waals surface area contributed by atoms with E-state index in [0.29, 0.717) is 28.7 Å². The summed E-state index contributed by atoms with van der Waals surface area (Å²) >= 11 is 0. The predicted octanol–water partition coefficient (Wildman–Crippen LogP) is 2.25. The van der Waals surface area contributed by atoms with Crippen LogP contribution in [0.3, 0.4) is 0 Å². The number of phenolic OH excluding ortho intramolecular Hbond substituents is 1. The Morgan fingerprint density at radius 2 is 1.87 bits per heavy atom.